The molecule has 0 aliphatic carbocycles. The van der Waals surface area contributed by atoms with E-state index in [0.717, 1.165) is 14.9 Å². The molecular weight excluding hydrogens is 460 g/mol. The molecule has 0 aliphatic heterocycles. The number of likely N-dealkylation sites (N-methyl/N-ethyl adjacent to an activating group) is 1. The summed E-state index contributed by atoms with van der Waals surface area (Å²) in [5.41, 5.74) is 0.984. The van der Waals surface area contributed by atoms with E-state index >= 15 is 0 Å². The van der Waals surface area contributed by atoms with Crippen LogP contribution < -0.4 is 5.32 Å². The summed E-state index contributed by atoms with van der Waals surface area (Å²) in [5, 5.41) is 3.50. The smallest absolute Gasteiger partial charge is 0.242 e. The van der Waals surface area contributed by atoms with E-state index in [9.17, 15) is 9.59 Å². The van der Waals surface area contributed by atoms with Crippen molar-refractivity contribution in [2.45, 2.75) is 37.8 Å². The van der Waals surface area contributed by atoms with Gasteiger partial charge in [0.1, 0.15) is 6.04 Å². The van der Waals surface area contributed by atoms with Gasteiger partial charge in [0.05, 0.1) is 0 Å². The molecule has 1 atom stereocenters. The first-order valence-corrected chi connectivity index (χ1v) is 11.3. The van der Waals surface area contributed by atoms with Gasteiger partial charge < -0.3 is 10.2 Å². The zero-order valence-corrected chi connectivity index (χ0v) is 19.1. The number of hydrogen-bond acceptors (Lipinski definition) is 3. The fourth-order valence-electron chi connectivity index (χ4n) is 2.62. The summed E-state index contributed by atoms with van der Waals surface area (Å²) >= 11 is 10.9. The van der Waals surface area contributed by atoms with Gasteiger partial charge in [-0.15, -0.1) is 11.8 Å². The molecule has 0 spiro atoms. The molecule has 7 heteroatoms. The lowest BCUT2D eigenvalue weighted by Gasteiger charge is -2.28. The zero-order chi connectivity index (χ0) is 20.5. The third kappa shape index (κ3) is 7.15. The molecule has 0 heterocycles. The Bertz CT molecular complexity index is 784. The largest absolute Gasteiger partial charge is 0.355 e. The van der Waals surface area contributed by atoms with Crippen molar-refractivity contribution in [3.8, 4) is 0 Å². The summed E-state index contributed by atoms with van der Waals surface area (Å²) in [6.07, 6.45) is 0.355. The summed E-state index contributed by atoms with van der Waals surface area (Å²) in [6, 6.07) is 14.8. The van der Waals surface area contributed by atoms with Crippen LogP contribution in [0.2, 0.25) is 5.02 Å². The highest BCUT2D eigenvalue weighted by Gasteiger charge is 2.25. The topological polar surface area (TPSA) is 49.4 Å². The van der Waals surface area contributed by atoms with Crippen molar-refractivity contribution in [2.24, 2.45) is 0 Å². The number of carbonyl (C=O) groups excluding carboxylic acids is 2. The number of halogens is 2. The summed E-state index contributed by atoms with van der Waals surface area (Å²) in [4.78, 5) is 28.0. The second-order valence-corrected chi connectivity index (χ2v) is 8.79. The Balaban J connectivity index is 2.03. The Morgan fingerprint density at radius 3 is 2.39 bits per heavy atom. The van der Waals surface area contributed by atoms with Crippen molar-refractivity contribution in [3.63, 3.8) is 0 Å². The van der Waals surface area contributed by atoms with E-state index in [1.807, 2.05) is 55.5 Å². The van der Waals surface area contributed by atoms with Gasteiger partial charge in [-0.25, -0.2) is 0 Å². The molecule has 0 aliphatic rings. The minimum Gasteiger partial charge on any atom is -0.355 e. The monoisotopic (exact) mass is 482 g/mol. The van der Waals surface area contributed by atoms with Gasteiger partial charge in [-0.05, 0) is 55.8 Å². The van der Waals surface area contributed by atoms with Crippen LogP contribution in [0.1, 0.15) is 25.8 Å². The van der Waals surface area contributed by atoms with Gasteiger partial charge >= 0.3 is 0 Å². The molecule has 0 radical (unpaired) electrons. The van der Waals surface area contributed by atoms with Crippen molar-refractivity contribution in [2.75, 3.05) is 12.3 Å². The van der Waals surface area contributed by atoms with Gasteiger partial charge in [0.2, 0.25) is 11.8 Å². The minimum atomic E-state index is -0.531. The first-order valence-electron chi connectivity index (χ1n) is 9.10. The molecule has 2 rings (SSSR count). The van der Waals surface area contributed by atoms with Crippen molar-refractivity contribution in [1.82, 2.24) is 10.2 Å². The zero-order valence-electron chi connectivity index (χ0n) is 16.0. The van der Waals surface area contributed by atoms with Crippen molar-refractivity contribution < 1.29 is 9.59 Å². The van der Waals surface area contributed by atoms with Gasteiger partial charge in [-0.2, -0.15) is 0 Å². The van der Waals surface area contributed by atoms with Crippen LogP contribution in [0.25, 0.3) is 0 Å². The number of hydrogen-bond donors (Lipinski definition) is 1. The predicted molar refractivity (Wildman–Crippen MR) is 120 cm³/mol. The van der Waals surface area contributed by atoms with E-state index in [1.54, 1.807) is 23.6 Å². The van der Waals surface area contributed by atoms with Crippen LogP contribution >= 0.6 is 39.3 Å². The lowest BCUT2D eigenvalue weighted by atomic mass is 10.1. The average molecular weight is 484 g/mol. The van der Waals surface area contributed by atoms with Crippen LogP contribution in [0, 0.1) is 0 Å². The lowest BCUT2D eigenvalue weighted by Crippen LogP contribution is -2.47. The maximum Gasteiger partial charge on any atom is 0.242 e. The second kappa shape index (κ2) is 11.5. The molecule has 150 valence electrons. The molecule has 1 N–H and O–H groups in total. The van der Waals surface area contributed by atoms with E-state index < -0.39 is 6.04 Å². The molecule has 2 amide bonds. The molecule has 0 fully saturated rings. The Labute approximate surface area is 184 Å². The lowest BCUT2D eigenvalue weighted by molar-refractivity contribution is -0.140. The number of rotatable bonds is 9. The molecule has 2 aromatic carbocycles. The maximum atomic E-state index is 12.9. The van der Waals surface area contributed by atoms with Crippen molar-refractivity contribution in [1.29, 1.82) is 0 Å². The fourth-order valence-corrected chi connectivity index (χ4v) is 3.85. The Hall–Kier alpha value is -1.50. The standard InChI is InChI=1S/C21H24BrClN2O2S/c1-3-24-21(27)15(2)25(14-16-4-6-17(22)7-5-16)20(26)12-13-28-19-10-8-18(23)9-11-19/h4-11,15H,3,12-14H2,1-2H3,(H,24,27). The Morgan fingerprint density at radius 2 is 1.79 bits per heavy atom. The number of benzene rings is 2. The van der Waals surface area contributed by atoms with Crippen molar-refractivity contribution in [3.05, 3.63) is 63.6 Å². The number of carbonyl (C=O) groups is 2. The normalized spacial score (nSPS) is 11.7. The molecule has 0 aromatic heterocycles. The predicted octanol–water partition coefficient (Wildman–Crippen LogP) is 5.14. The highest BCUT2D eigenvalue weighted by Crippen LogP contribution is 2.22. The van der Waals surface area contributed by atoms with E-state index in [2.05, 4.69) is 21.2 Å². The summed E-state index contributed by atoms with van der Waals surface area (Å²) in [5.74, 6) is 0.459. The van der Waals surface area contributed by atoms with E-state index in [1.165, 1.54) is 0 Å². The van der Waals surface area contributed by atoms with Crippen LogP contribution in [0.5, 0.6) is 0 Å². The van der Waals surface area contributed by atoms with Gasteiger partial charge in [0.25, 0.3) is 0 Å². The Morgan fingerprint density at radius 1 is 1.14 bits per heavy atom. The molecular formula is C21H24BrClN2O2S. The maximum absolute atomic E-state index is 12.9. The molecule has 1 unspecified atom stereocenters. The molecule has 2 aromatic rings. The molecule has 0 bridgehead atoms. The van der Waals surface area contributed by atoms with Gasteiger partial charge in [0.15, 0.2) is 0 Å². The molecule has 4 nitrogen and oxygen atoms in total. The van der Waals surface area contributed by atoms with E-state index in [-0.39, 0.29) is 11.8 Å². The highest BCUT2D eigenvalue weighted by molar-refractivity contribution is 9.10. The highest BCUT2D eigenvalue weighted by atomic mass is 79.9. The van der Waals surface area contributed by atoms with Crippen LogP contribution in [-0.4, -0.2) is 35.1 Å². The third-order valence-corrected chi connectivity index (χ3v) is 5.98. The van der Waals surface area contributed by atoms with Crippen molar-refractivity contribution >= 4 is 51.1 Å². The second-order valence-electron chi connectivity index (χ2n) is 6.27. The van der Waals surface area contributed by atoms with Gasteiger partial charge in [-0.1, -0.05) is 39.7 Å². The molecule has 0 saturated heterocycles. The van der Waals surface area contributed by atoms with Crippen LogP contribution in [-0.2, 0) is 16.1 Å². The quantitative estimate of drug-likeness (QED) is 0.503. The number of nitrogens with zero attached hydrogens (tertiary/aromatic N) is 1. The van der Waals surface area contributed by atoms with Gasteiger partial charge in [0, 0.05) is 39.7 Å². The Kier molecular flexibility index (Phi) is 9.35. The van der Waals surface area contributed by atoms with Crippen LogP contribution in [0.4, 0.5) is 0 Å². The minimum absolute atomic E-state index is 0.0388. The summed E-state index contributed by atoms with van der Waals surface area (Å²) in [7, 11) is 0. The average Bonchev–Trinajstić information content (AvgIpc) is 2.68. The third-order valence-electron chi connectivity index (χ3n) is 4.18. The number of thioether (sulfide) groups is 1. The fraction of sp³-hybridized carbons (Fsp3) is 0.333. The number of nitrogens with one attached hydrogen (secondary N) is 1. The van der Waals surface area contributed by atoms with E-state index in [0.29, 0.717) is 30.3 Å². The number of amides is 2. The molecule has 0 saturated carbocycles. The summed E-state index contributed by atoms with van der Waals surface area (Å²) < 4.78 is 0.977. The van der Waals surface area contributed by atoms with E-state index in [4.69, 9.17) is 11.6 Å². The SMILES string of the molecule is CCNC(=O)C(C)N(Cc1ccc(Br)cc1)C(=O)CCSc1ccc(Cl)cc1. The van der Waals surface area contributed by atoms with Crippen LogP contribution in [0.15, 0.2) is 57.9 Å². The van der Waals surface area contributed by atoms with Crippen LogP contribution in [0.3, 0.4) is 0 Å². The molecule has 28 heavy (non-hydrogen) atoms. The first kappa shape index (κ1) is 22.8. The first-order chi connectivity index (χ1) is 13.4. The summed E-state index contributed by atoms with van der Waals surface area (Å²) in [6.45, 7) is 4.58. The van der Waals surface area contributed by atoms with Gasteiger partial charge in [-0.3, -0.25) is 9.59 Å².